The van der Waals surface area contributed by atoms with Crippen molar-refractivity contribution in [3.63, 3.8) is 0 Å². The standard InChI is InChI=1S/C6H14S3.Ag/c1-3-5-7-9-8-6-4-2;/h3-6H2,1-2H3;. The van der Waals surface area contributed by atoms with E-state index in [1.54, 1.807) is 0 Å². The molecule has 0 aromatic heterocycles. The Hall–Kier alpha value is 1.79. The molecule has 0 N–H and O–H groups in total. The molecule has 0 rings (SSSR count). The Morgan fingerprint density at radius 3 is 1.60 bits per heavy atom. The molecular formula is C6H14AgS3. The summed E-state index contributed by atoms with van der Waals surface area (Å²) < 4.78 is 0. The molecule has 0 aliphatic rings. The second-order valence-electron chi connectivity index (χ2n) is 1.71. The van der Waals surface area contributed by atoms with Gasteiger partial charge in [-0.2, -0.15) is 0 Å². The minimum atomic E-state index is 0. The van der Waals surface area contributed by atoms with E-state index in [0.29, 0.717) is 0 Å². The van der Waals surface area contributed by atoms with Crippen LogP contribution in [0.2, 0.25) is 0 Å². The zero-order valence-electron chi connectivity index (χ0n) is 6.35. The van der Waals surface area contributed by atoms with Crippen molar-refractivity contribution in [3.05, 3.63) is 0 Å². The normalized spacial score (nSPS) is 9.00. The van der Waals surface area contributed by atoms with Crippen molar-refractivity contribution < 1.29 is 22.4 Å². The van der Waals surface area contributed by atoms with E-state index in [0.717, 1.165) is 0 Å². The van der Waals surface area contributed by atoms with E-state index in [-0.39, 0.29) is 22.4 Å². The quantitative estimate of drug-likeness (QED) is 0.414. The fourth-order valence-electron chi connectivity index (χ4n) is 0.269. The molecule has 0 amide bonds. The Morgan fingerprint density at radius 1 is 0.900 bits per heavy atom. The summed E-state index contributed by atoms with van der Waals surface area (Å²) in [5, 5.41) is 0. The fourth-order valence-corrected chi connectivity index (χ4v) is 4.26. The fraction of sp³-hybridized carbons (Fsp3) is 1.00. The molecule has 0 atom stereocenters. The van der Waals surface area contributed by atoms with Gasteiger partial charge in [0.15, 0.2) is 0 Å². The average Bonchev–Trinajstić information content (AvgIpc) is 1.89. The van der Waals surface area contributed by atoms with Gasteiger partial charge in [-0.15, -0.1) is 0 Å². The summed E-state index contributed by atoms with van der Waals surface area (Å²) in [6, 6.07) is 0. The summed E-state index contributed by atoms with van der Waals surface area (Å²) >= 11 is 0. The first kappa shape index (κ1) is 14.3. The van der Waals surface area contributed by atoms with Gasteiger partial charge in [-0.3, -0.25) is 0 Å². The van der Waals surface area contributed by atoms with Crippen LogP contribution in [-0.4, -0.2) is 11.5 Å². The molecule has 0 heterocycles. The minimum absolute atomic E-state index is 0. The number of hydrogen-bond donors (Lipinski definition) is 0. The maximum atomic E-state index is 2.22. The first-order valence-electron chi connectivity index (χ1n) is 3.32. The summed E-state index contributed by atoms with van der Waals surface area (Å²) in [7, 11) is 5.88. The van der Waals surface area contributed by atoms with Crippen molar-refractivity contribution in [2.45, 2.75) is 26.7 Å². The molecule has 0 aliphatic heterocycles. The van der Waals surface area contributed by atoms with E-state index in [1.165, 1.54) is 24.3 Å². The topological polar surface area (TPSA) is 0 Å². The van der Waals surface area contributed by atoms with Crippen LogP contribution in [0.5, 0.6) is 0 Å². The molecule has 0 nitrogen and oxygen atoms in total. The zero-order chi connectivity index (χ0) is 6.95. The van der Waals surface area contributed by atoms with Gasteiger partial charge in [0.1, 0.15) is 0 Å². The molecule has 67 valence electrons. The molecule has 0 saturated heterocycles. The predicted octanol–water partition coefficient (Wildman–Crippen LogP) is 3.83. The van der Waals surface area contributed by atoms with Gasteiger partial charge in [0.25, 0.3) is 0 Å². The van der Waals surface area contributed by atoms with E-state index < -0.39 is 0 Å². The summed E-state index contributed by atoms with van der Waals surface area (Å²) in [4.78, 5) is 0. The molecule has 0 fully saturated rings. The van der Waals surface area contributed by atoms with Gasteiger partial charge in [0.05, 0.1) is 0 Å². The average molecular weight is 290 g/mol. The molecule has 0 spiro atoms. The van der Waals surface area contributed by atoms with Gasteiger partial charge in [-0.1, -0.05) is 35.4 Å². The van der Waals surface area contributed by atoms with Crippen molar-refractivity contribution in [2.75, 3.05) is 11.5 Å². The second kappa shape index (κ2) is 13.4. The van der Waals surface area contributed by atoms with Crippen LogP contribution < -0.4 is 0 Å². The summed E-state index contributed by atoms with van der Waals surface area (Å²) in [5.41, 5.74) is 0. The summed E-state index contributed by atoms with van der Waals surface area (Å²) in [6.45, 7) is 4.44. The third-order valence-corrected chi connectivity index (χ3v) is 5.32. The van der Waals surface area contributed by atoms with Crippen LogP contribution >= 0.6 is 31.4 Å². The smallest absolute Gasteiger partial charge is 0.00425 e. The molecule has 1 radical (unpaired) electrons. The van der Waals surface area contributed by atoms with E-state index in [4.69, 9.17) is 0 Å². The Balaban J connectivity index is 0. The maximum Gasteiger partial charge on any atom is 0.00425 e. The molecule has 10 heavy (non-hydrogen) atoms. The summed E-state index contributed by atoms with van der Waals surface area (Å²) in [5.74, 6) is 2.59. The largest absolute Gasteiger partial charge is 0.0826 e. The van der Waals surface area contributed by atoms with Crippen molar-refractivity contribution in [1.29, 1.82) is 0 Å². The van der Waals surface area contributed by atoms with Gasteiger partial charge < -0.3 is 0 Å². The zero-order valence-corrected chi connectivity index (χ0v) is 10.3. The molecule has 0 aromatic rings. The van der Waals surface area contributed by atoms with E-state index in [9.17, 15) is 0 Å². The van der Waals surface area contributed by atoms with Crippen molar-refractivity contribution in [1.82, 2.24) is 0 Å². The molecule has 0 saturated carbocycles. The maximum absolute atomic E-state index is 2.22. The van der Waals surface area contributed by atoms with Crippen LogP contribution in [0.25, 0.3) is 0 Å². The van der Waals surface area contributed by atoms with Crippen molar-refractivity contribution >= 4 is 31.4 Å². The molecule has 0 aliphatic carbocycles. The first-order chi connectivity index (χ1) is 4.41. The van der Waals surface area contributed by atoms with Gasteiger partial charge in [0, 0.05) is 33.9 Å². The van der Waals surface area contributed by atoms with Gasteiger partial charge >= 0.3 is 0 Å². The molecular weight excluding hydrogens is 276 g/mol. The van der Waals surface area contributed by atoms with Crippen LogP contribution in [0.3, 0.4) is 0 Å². The van der Waals surface area contributed by atoms with Crippen LogP contribution in [0.15, 0.2) is 0 Å². The van der Waals surface area contributed by atoms with Crippen LogP contribution in [0.1, 0.15) is 26.7 Å². The van der Waals surface area contributed by atoms with Crippen LogP contribution in [0, 0.1) is 0 Å². The Kier molecular flexibility index (Phi) is 19.2. The molecule has 4 heteroatoms. The van der Waals surface area contributed by atoms with Gasteiger partial charge in [-0.25, -0.2) is 0 Å². The molecule has 0 unspecified atom stereocenters. The van der Waals surface area contributed by atoms with Crippen molar-refractivity contribution in [2.24, 2.45) is 0 Å². The summed E-state index contributed by atoms with van der Waals surface area (Å²) in [6.07, 6.45) is 2.59. The Labute approximate surface area is 91.4 Å². The van der Waals surface area contributed by atoms with E-state index >= 15 is 0 Å². The van der Waals surface area contributed by atoms with Gasteiger partial charge in [0.2, 0.25) is 0 Å². The first-order valence-corrected chi connectivity index (χ1v) is 7.15. The minimum Gasteiger partial charge on any atom is -0.0826 e. The van der Waals surface area contributed by atoms with Crippen LogP contribution in [-0.2, 0) is 22.4 Å². The van der Waals surface area contributed by atoms with Crippen LogP contribution in [0.4, 0.5) is 0 Å². The number of rotatable bonds is 6. The second-order valence-corrected chi connectivity index (χ2v) is 6.18. The SMILES string of the molecule is CCCSSSCCC.[Ag]. The van der Waals surface area contributed by atoms with E-state index in [2.05, 4.69) is 13.8 Å². The Morgan fingerprint density at radius 2 is 1.30 bits per heavy atom. The molecule has 0 aromatic carbocycles. The monoisotopic (exact) mass is 289 g/mol. The number of hydrogen-bond acceptors (Lipinski definition) is 3. The third-order valence-electron chi connectivity index (χ3n) is 0.671. The molecule has 0 bridgehead atoms. The van der Waals surface area contributed by atoms with Gasteiger partial charge in [-0.05, 0) is 22.7 Å². The third kappa shape index (κ3) is 12.5. The Bertz CT molecular complexity index is 46.3. The van der Waals surface area contributed by atoms with E-state index in [1.807, 2.05) is 31.4 Å². The van der Waals surface area contributed by atoms with Crippen molar-refractivity contribution in [3.8, 4) is 0 Å². The predicted molar refractivity (Wildman–Crippen MR) is 53.1 cm³/mol.